The lowest BCUT2D eigenvalue weighted by atomic mass is 9.96. The van der Waals surface area contributed by atoms with E-state index >= 15 is 0 Å². The first-order valence-corrected chi connectivity index (χ1v) is 20.2. The second kappa shape index (κ2) is 27.7. The number of hydrogen-bond donors (Lipinski definition) is 0. The highest BCUT2D eigenvalue weighted by Gasteiger charge is 2.35. The van der Waals surface area contributed by atoms with E-state index in [0.717, 1.165) is 12.8 Å². The fourth-order valence-corrected chi connectivity index (χ4v) is 6.42. The number of rotatable bonds is 23. The third-order valence-corrected chi connectivity index (χ3v) is 9.44. The molecule has 1 aliphatic heterocycles. The maximum absolute atomic E-state index is 12.5. The van der Waals surface area contributed by atoms with Gasteiger partial charge in [-0.1, -0.05) is 147 Å². The van der Waals surface area contributed by atoms with Crippen LogP contribution < -0.4 is 18.9 Å². The van der Waals surface area contributed by atoms with Gasteiger partial charge in [-0.05, 0) is 37.6 Å². The van der Waals surface area contributed by atoms with E-state index in [1.165, 1.54) is 103 Å². The molecule has 3 rings (SSSR count). The van der Waals surface area contributed by atoms with Gasteiger partial charge in [0.05, 0.1) is 19.8 Å². The van der Waals surface area contributed by atoms with Gasteiger partial charge in [0.25, 0.3) is 0 Å². The van der Waals surface area contributed by atoms with Gasteiger partial charge in [0, 0.05) is 0 Å². The summed E-state index contributed by atoms with van der Waals surface area (Å²) in [6.45, 7) is 6.12. The second-order valence-electron chi connectivity index (χ2n) is 13.8. The standard InChI is InChI=1S/C43H68O8/c1-3-5-6-7-8-9-10-11-12-13-14-15-16-17-18-19-20-25-30-43(51-35-42(44)46-4-2)36-49-40-28-23-21-26-38(40)47-33-31-45-32-34-48-39-27-22-24-29-41(39)50-37-43/h21-24,26-29H,3-20,25,30-37H2,1-2H3. The van der Waals surface area contributed by atoms with Crippen molar-refractivity contribution in [2.75, 3.05) is 52.9 Å². The zero-order valence-electron chi connectivity index (χ0n) is 32.0. The summed E-state index contributed by atoms with van der Waals surface area (Å²) >= 11 is 0. The maximum Gasteiger partial charge on any atom is 0.332 e. The van der Waals surface area contributed by atoms with Crippen LogP contribution in [0.25, 0.3) is 0 Å². The van der Waals surface area contributed by atoms with E-state index in [0.29, 0.717) is 62.5 Å². The maximum atomic E-state index is 12.5. The molecule has 2 aromatic rings. The average molecular weight is 713 g/mol. The highest BCUT2D eigenvalue weighted by atomic mass is 16.6. The monoisotopic (exact) mass is 712 g/mol. The molecule has 2 aromatic carbocycles. The number of para-hydroxylation sites is 4. The Balaban J connectivity index is 1.51. The van der Waals surface area contributed by atoms with Crippen molar-refractivity contribution in [3.05, 3.63) is 48.5 Å². The average Bonchev–Trinajstić information content (AvgIpc) is 3.15. The molecule has 0 aromatic heterocycles. The van der Waals surface area contributed by atoms with Crippen molar-refractivity contribution < 1.29 is 38.0 Å². The lowest BCUT2D eigenvalue weighted by Crippen LogP contribution is -2.46. The zero-order chi connectivity index (χ0) is 36.1. The van der Waals surface area contributed by atoms with Gasteiger partial charge in [0.2, 0.25) is 0 Å². The van der Waals surface area contributed by atoms with Crippen molar-refractivity contribution in [3.63, 3.8) is 0 Å². The Morgan fingerprint density at radius 1 is 0.549 bits per heavy atom. The summed E-state index contributed by atoms with van der Waals surface area (Å²) in [5.41, 5.74) is -0.914. The number of carbonyl (C=O) groups is 1. The number of carbonyl (C=O) groups excluding carboxylic acids is 1. The van der Waals surface area contributed by atoms with Gasteiger partial charge in [0.1, 0.15) is 38.6 Å². The van der Waals surface area contributed by atoms with E-state index in [-0.39, 0.29) is 19.8 Å². The van der Waals surface area contributed by atoms with E-state index in [9.17, 15) is 4.79 Å². The number of benzene rings is 2. The van der Waals surface area contributed by atoms with Crippen LogP contribution in [0.4, 0.5) is 0 Å². The minimum Gasteiger partial charge on any atom is -0.487 e. The Kier molecular flexibility index (Phi) is 23.0. The number of ether oxygens (including phenoxy) is 7. The summed E-state index contributed by atoms with van der Waals surface area (Å²) in [6, 6.07) is 15.2. The molecule has 0 spiro atoms. The number of esters is 1. The van der Waals surface area contributed by atoms with Crippen LogP contribution in [-0.2, 0) is 19.0 Å². The molecule has 1 heterocycles. The molecule has 8 heteroatoms. The van der Waals surface area contributed by atoms with Crippen LogP contribution in [-0.4, -0.2) is 64.4 Å². The van der Waals surface area contributed by atoms with Crippen molar-refractivity contribution >= 4 is 5.97 Å². The molecule has 0 aliphatic carbocycles. The van der Waals surface area contributed by atoms with Crippen LogP contribution >= 0.6 is 0 Å². The molecule has 0 unspecified atom stereocenters. The number of unbranched alkanes of at least 4 members (excludes halogenated alkanes) is 17. The van der Waals surface area contributed by atoms with Gasteiger partial charge in [-0.25, -0.2) is 4.79 Å². The topological polar surface area (TPSA) is 81.7 Å². The Labute approximate surface area is 309 Å². The van der Waals surface area contributed by atoms with Crippen molar-refractivity contribution in [3.8, 4) is 23.0 Å². The summed E-state index contributed by atoms with van der Waals surface area (Å²) in [5.74, 6) is 2.06. The molecular formula is C43H68O8. The molecule has 51 heavy (non-hydrogen) atoms. The lowest BCUT2D eigenvalue weighted by Gasteiger charge is -2.34. The molecule has 0 bridgehead atoms. The van der Waals surface area contributed by atoms with Crippen LogP contribution in [0.1, 0.15) is 136 Å². The quantitative estimate of drug-likeness (QED) is 0.0832. The first kappa shape index (κ1) is 42.4. The fourth-order valence-electron chi connectivity index (χ4n) is 6.42. The largest absolute Gasteiger partial charge is 0.487 e. The normalized spacial score (nSPS) is 14.9. The summed E-state index contributed by atoms with van der Waals surface area (Å²) in [4.78, 5) is 12.5. The van der Waals surface area contributed by atoms with Crippen molar-refractivity contribution in [2.45, 2.75) is 141 Å². The van der Waals surface area contributed by atoms with E-state index in [1.807, 2.05) is 48.5 Å². The van der Waals surface area contributed by atoms with Crippen LogP contribution in [0.3, 0.4) is 0 Å². The van der Waals surface area contributed by atoms with Crippen molar-refractivity contribution in [1.82, 2.24) is 0 Å². The Morgan fingerprint density at radius 2 is 0.941 bits per heavy atom. The molecule has 0 fully saturated rings. The number of hydrogen-bond acceptors (Lipinski definition) is 8. The van der Waals surface area contributed by atoms with Crippen LogP contribution in [0.5, 0.6) is 23.0 Å². The molecule has 1 aliphatic rings. The highest BCUT2D eigenvalue weighted by Crippen LogP contribution is 2.32. The minimum absolute atomic E-state index is 0.172. The van der Waals surface area contributed by atoms with E-state index in [2.05, 4.69) is 6.92 Å². The summed E-state index contributed by atoms with van der Waals surface area (Å²) in [5, 5.41) is 0. The molecular weight excluding hydrogens is 644 g/mol. The molecule has 8 nitrogen and oxygen atoms in total. The van der Waals surface area contributed by atoms with Crippen LogP contribution in [0.2, 0.25) is 0 Å². The van der Waals surface area contributed by atoms with E-state index < -0.39 is 11.6 Å². The van der Waals surface area contributed by atoms with Crippen LogP contribution in [0, 0.1) is 0 Å². The van der Waals surface area contributed by atoms with Crippen LogP contribution in [0.15, 0.2) is 48.5 Å². The molecule has 0 amide bonds. The Morgan fingerprint density at radius 3 is 1.35 bits per heavy atom. The molecule has 0 saturated heterocycles. The van der Waals surface area contributed by atoms with Gasteiger partial charge < -0.3 is 33.2 Å². The summed E-state index contributed by atoms with van der Waals surface area (Å²) < 4.78 is 42.2. The minimum atomic E-state index is -0.914. The van der Waals surface area contributed by atoms with Gasteiger partial charge >= 0.3 is 5.97 Å². The molecule has 288 valence electrons. The molecule has 0 N–H and O–H groups in total. The third-order valence-electron chi connectivity index (χ3n) is 9.44. The van der Waals surface area contributed by atoms with Crippen molar-refractivity contribution in [1.29, 1.82) is 0 Å². The van der Waals surface area contributed by atoms with E-state index in [4.69, 9.17) is 33.2 Å². The van der Waals surface area contributed by atoms with Gasteiger partial charge in [-0.3, -0.25) is 0 Å². The lowest BCUT2D eigenvalue weighted by molar-refractivity contribution is -0.162. The molecule has 0 radical (unpaired) electrons. The predicted octanol–water partition coefficient (Wildman–Crippen LogP) is 10.7. The first-order valence-electron chi connectivity index (χ1n) is 20.2. The first-order chi connectivity index (χ1) is 25.2. The molecule has 0 atom stereocenters. The smallest absolute Gasteiger partial charge is 0.332 e. The molecule has 0 saturated carbocycles. The third kappa shape index (κ3) is 18.9. The Bertz CT molecular complexity index is 1100. The predicted molar refractivity (Wildman–Crippen MR) is 204 cm³/mol. The SMILES string of the molecule is CCCCCCCCCCCCCCCCCCCCC1(OCC(=O)OCC)COc2ccccc2OCCOCCOc2ccccc2OC1. The number of fused-ring (bicyclic) bond motifs is 2. The zero-order valence-corrected chi connectivity index (χ0v) is 32.0. The van der Waals surface area contributed by atoms with Gasteiger partial charge in [-0.2, -0.15) is 0 Å². The summed E-state index contributed by atoms with van der Waals surface area (Å²) in [7, 11) is 0. The fraction of sp³-hybridized carbons (Fsp3) is 0.698. The summed E-state index contributed by atoms with van der Waals surface area (Å²) in [6.07, 6.45) is 24.4. The van der Waals surface area contributed by atoms with Crippen molar-refractivity contribution in [2.24, 2.45) is 0 Å². The Hall–Kier alpha value is -2.97. The van der Waals surface area contributed by atoms with Gasteiger partial charge in [-0.15, -0.1) is 0 Å². The van der Waals surface area contributed by atoms with E-state index in [1.54, 1.807) is 6.92 Å². The highest BCUT2D eigenvalue weighted by molar-refractivity contribution is 5.70. The van der Waals surface area contributed by atoms with Gasteiger partial charge in [0.15, 0.2) is 23.0 Å². The second-order valence-corrected chi connectivity index (χ2v) is 13.8.